The highest BCUT2D eigenvalue weighted by molar-refractivity contribution is 7.89. The predicted molar refractivity (Wildman–Crippen MR) is 117 cm³/mol. The Morgan fingerprint density at radius 3 is 2.39 bits per heavy atom. The molecule has 0 unspecified atom stereocenters. The molecule has 3 aromatic rings. The first-order valence-corrected chi connectivity index (χ1v) is 12.2. The zero-order chi connectivity index (χ0) is 19.9. The number of hydrogen-bond acceptors (Lipinski definition) is 5. The number of benzene rings is 1. The van der Waals surface area contributed by atoms with Crippen LogP contribution in [-0.2, 0) is 10.0 Å². The molecule has 0 fully saturated rings. The molecule has 7 heteroatoms. The van der Waals surface area contributed by atoms with Gasteiger partial charge in [0.15, 0.2) is 0 Å². The zero-order valence-electron chi connectivity index (χ0n) is 16.1. The Kier molecular flexibility index (Phi) is 5.26. The van der Waals surface area contributed by atoms with Crippen molar-refractivity contribution in [1.29, 1.82) is 0 Å². The summed E-state index contributed by atoms with van der Waals surface area (Å²) in [6.07, 6.45) is 2.76. The molecule has 0 bridgehead atoms. The van der Waals surface area contributed by atoms with E-state index in [0.717, 1.165) is 26.9 Å². The van der Waals surface area contributed by atoms with Gasteiger partial charge in [0.1, 0.15) is 5.01 Å². The Bertz CT molecular complexity index is 1120. The van der Waals surface area contributed by atoms with Crippen molar-refractivity contribution < 1.29 is 8.42 Å². The third-order valence-electron chi connectivity index (χ3n) is 5.05. The Morgan fingerprint density at radius 2 is 1.79 bits per heavy atom. The summed E-state index contributed by atoms with van der Waals surface area (Å²) in [6, 6.07) is 12.0. The molecule has 0 saturated heterocycles. The van der Waals surface area contributed by atoms with Gasteiger partial charge >= 0.3 is 0 Å². The van der Waals surface area contributed by atoms with Gasteiger partial charge in [-0.2, -0.15) is 4.31 Å². The molecule has 146 valence electrons. The number of nitrogens with zero attached hydrogens (tertiary/aromatic N) is 2. The monoisotopic (exact) mass is 430 g/mol. The quantitative estimate of drug-likeness (QED) is 0.566. The Labute approximate surface area is 174 Å². The van der Waals surface area contributed by atoms with E-state index in [4.69, 9.17) is 0 Å². The van der Waals surface area contributed by atoms with Crippen LogP contribution in [0.2, 0.25) is 0 Å². The molecule has 0 atom stereocenters. The van der Waals surface area contributed by atoms with Gasteiger partial charge in [0.2, 0.25) is 10.0 Å². The Balaban J connectivity index is 1.60. The van der Waals surface area contributed by atoms with Crippen molar-refractivity contribution in [2.24, 2.45) is 0 Å². The molecule has 4 nitrogen and oxygen atoms in total. The lowest BCUT2D eigenvalue weighted by atomic mass is 10.0. The van der Waals surface area contributed by atoms with Gasteiger partial charge in [0, 0.05) is 22.8 Å². The highest BCUT2D eigenvalue weighted by atomic mass is 32.2. The minimum Gasteiger partial charge on any atom is -0.240 e. The molecule has 0 spiro atoms. The van der Waals surface area contributed by atoms with Gasteiger partial charge in [-0.3, -0.25) is 0 Å². The normalized spacial score (nSPS) is 15.6. The first-order chi connectivity index (χ1) is 13.4. The SMILES string of the molecule is Cc1nc(-c2cc(S(=O)(=O)N3CC=C(c4ccccc4)CC3)c(C)s2)sc1C. The summed E-state index contributed by atoms with van der Waals surface area (Å²) >= 11 is 3.12. The largest absolute Gasteiger partial charge is 0.244 e. The number of sulfonamides is 1. The number of thiophene rings is 1. The molecule has 0 radical (unpaired) electrons. The Hall–Kier alpha value is -1.80. The molecule has 3 heterocycles. The van der Waals surface area contributed by atoms with Crippen LogP contribution in [0.1, 0.15) is 27.4 Å². The fourth-order valence-electron chi connectivity index (χ4n) is 3.33. The van der Waals surface area contributed by atoms with Crippen molar-refractivity contribution >= 4 is 38.3 Å². The van der Waals surface area contributed by atoms with E-state index in [1.165, 1.54) is 27.4 Å². The number of aromatic nitrogens is 1. The summed E-state index contributed by atoms with van der Waals surface area (Å²) in [6.45, 7) is 6.82. The molecule has 2 aromatic heterocycles. The zero-order valence-corrected chi connectivity index (χ0v) is 18.5. The van der Waals surface area contributed by atoms with E-state index in [-0.39, 0.29) is 0 Å². The summed E-state index contributed by atoms with van der Waals surface area (Å²) in [7, 11) is -3.51. The van der Waals surface area contributed by atoms with Gasteiger partial charge < -0.3 is 0 Å². The first kappa shape index (κ1) is 19.5. The molecule has 1 aromatic carbocycles. The molecular formula is C21H22N2O2S3. The lowest BCUT2D eigenvalue weighted by molar-refractivity contribution is 0.441. The third kappa shape index (κ3) is 3.59. The van der Waals surface area contributed by atoms with Gasteiger partial charge in [0.05, 0.1) is 15.5 Å². The number of thiazole rings is 1. The van der Waals surface area contributed by atoms with E-state index in [0.29, 0.717) is 18.0 Å². The standard InChI is InChI=1S/C21H22N2O2S3/c1-14-15(2)27-21(22-14)19-13-20(16(3)26-19)28(24,25)23-11-9-18(10-12-23)17-7-5-4-6-8-17/h4-9,13H,10-12H2,1-3H3. The van der Waals surface area contributed by atoms with Crippen LogP contribution in [0.3, 0.4) is 0 Å². The van der Waals surface area contributed by atoms with Crippen LogP contribution in [0.15, 0.2) is 47.4 Å². The van der Waals surface area contributed by atoms with Crippen LogP contribution in [0, 0.1) is 20.8 Å². The second-order valence-corrected chi connectivity index (χ2v) is 11.3. The number of aryl methyl sites for hydroxylation is 3. The van der Waals surface area contributed by atoms with E-state index < -0.39 is 10.0 Å². The summed E-state index contributed by atoms with van der Waals surface area (Å²) in [5, 5.41) is 0.898. The second kappa shape index (κ2) is 7.55. The van der Waals surface area contributed by atoms with Crippen LogP contribution in [-0.4, -0.2) is 30.8 Å². The van der Waals surface area contributed by atoms with E-state index in [1.807, 2.05) is 45.0 Å². The van der Waals surface area contributed by atoms with Crippen LogP contribution in [0.4, 0.5) is 0 Å². The molecule has 28 heavy (non-hydrogen) atoms. The van der Waals surface area contributed by atoms with Crippen molar-refractivity contribution in [3.8, 4) is 9.88 Å². The molecule has 1 aliphatic heterocycles. The predicted octanol–water partition coefficient (Wildman–Crippen LogP) is 5.27. The van der Waals surface area contributed by atoms with Gasteiger partial charge in [-0.15, -0.1) is 22.7 Å². The first-order valence-electron chi connectivity index (χ1n) is 9.15. The maximum absolute atomic E-state index is 13.3. The lowest BCUT2D eigenvalue weighted by Gasteiger charge is -2.26. The van der Waals surface area contributed by atoms with Crippen LogP contribution >= 0.6 is 22.7 Å². The molecule has 0 saturated carbocycles. The summed E-state index contributed by atoms with van der Waals surface area (Å²) < 4.78 is 28.1. The van der Waals surface area contributed by atoms with Crippen LogP contribution in [0.25, 0.3) is 15.5 Å². The molecule has 0 aliphatic carbocycles. The third-order valence-corrected chi connectivity index (χ3v) is 9.46. The summed E-state index contributed by atoms with van der Waals surface area (Å²) in [5.74, 6) is 0. The highest BCUT2D eigenvalue weighted by Gasteiger charge is 2.29. The smallest absolute Gasteiger partial charge is 0.240 e. The van der Waals surface area contributed by atoms with Crippen molar-refractivity contribution in [3.05, 3.63) is 63.5 Å². The second-order valence-electron chi connectivity index (χ2n) is 6.90. The fourth-order valence-corrected chi connectivity index (χ4v) is 7.23. The van der Waals surface area contributed by atoms with Crippen molar-refractivity contribution in [2.45, 2.75) is 32.1 Å². The molecule has 0 N–H and O–H groups in total. The van der Waals surface area contributed by atoms with E-state index >= 15 is 0 Å². The average molecular weight is 431 g/mol. The highest BCUT2D eigenvalue weighted by Crippen LogP contribution is 2.38. The maximum atomic E-state index is 13.3. The van der Waals surface area contributed by atoms with Crippen LogP contribution in [0.5, 0.6) is 0 Å². The summed E-state index contributed by atoms with van der Waals surface area (Å²) in [4.78, 5) is 7.91. The van der Waals surface area contributed by atoms with E-state index in [9.17, 15) is 8.42 Å². The molecule has 0 amide bonds. The fraction of sp³-hybridized carbons (Fsp3) is 0.286. The number of hydrogen-bond donors (Lipinski definition) is 0. The van der Waals surface area contributed by atoms with Crippen LogP contribution < -0.4 is 0 Å². The minimum absolute atomic E-state index is 0.409. The van der Waals surface area contributed by atoms with Crippen molar-refractivity contribution in [1.82, 2.24) is 9.29 Å². The van der Waals surface area contributed by atoms with Gasteiger partial charge in [-0.1, -0.05) is 36.4 Å². The molecule has 1 aliphatic rings. The molecular weight excluding hydrogens is 408 g/mol. The van der Waals surface area contributed by atoms with Crippen molar-refractivity contribution in [3.63, 3.8) is 0 Å². The van der Waals surface area contributed by atoms with Gasteiger partial charge in [-0.05, 0) is 44.4 Å². The molecule has 4 rings (SSSR count). The van der Waals surface area contributed by atoms with Gasteiger partial charge in [-0.25, -0.2) is 13.4 Å². The number of rotatable bonds is 4. The van der Waals surface area contributed by atoms with Crippen molar-refractivity contribution in [2.75, 3.05) is 13.1 Å². The summed E-state index contributed by atoms with van der Waals surface area (Å²) in [5.41, 5.74) is 3.39. The maximum Gasteiger partial charge on any atom is 0.244 e. The van der Waals surface area contributed by atoms with Gasteiger partial charge in [0.25, 0.3) is 0 Å². The Morgan fingerprint density at radius 1 is 1.04 bits per heavy atom. The van der Waals surface area contributed by atoms with E-state index in [2.05, 4.69) is 17.1 Å². The topological polar surface area (TPSA) is 50.3 Å². The minimum atomic E-state index is -3.51. The van der Waals surface area contributed by atoms with E-state index in [1.54, 1.807) is 21.7 Å². The lowest BCUT2D eigenvalue weighted by Crippen LogP contribution is -2.34. The average Bonchev–Trinajstić information content (AvgIpc) is 3.25.